The normalized spacial score (nSPS) is 23.7. The van der Waals surface area contributed by atoms with E-state index < -0.39 is 10.0 Å². The minimum absolute atomic E-state index is 0.00927. The van der Waals surface area contributed by atoms with Gasteiger partial charge in [0, 0.05) is 12.2 Å². The highest BCUT2D eigenvalue weighted by Crippen LogP contribution is 2.26. The highest BCUT2D eigenvalue weighted by molar-refractivity contribution is 7.89. The minimum Gasteiger partial charge on any atom is -0.399 e. The smallest absolute Gasteiger partial charge is 0.242 e. The fraction of sp³-hybridized carbons (Fsp3) is 0.538. The second kappa shape index (κ2) is 6.30. The highest BCUT2D eigenvalue weighted by atomic mass is 35.5. The Morgan fingerprint density at radius 2 is 1.95 bits per heavy atom. The number of benzene rings is 1. The van der Waals surface area contributed by atoms with Gasteiger partial charge in [-0.3, -0.25) is 0 Å². The molecule has 0 radical (unpaired) electrons. The molecule has 7 heteroatoms. The van der Waals surface area contributed by atoms with Gasteiger partial charge >= 0.3 is 0 Å². The maximum atomic E-state index is 12.2. The van der Waals surface area contributed by atoms with Gasteiger partial charge in [0.25, 0.3) is 0 Å². The van der Waals surface area contributed by atoms with E-state index in [1.165, 1.54) is 12.1 Å². The van der Waals surface area contributed by atoms with Gasteiger partial charge in [-0.2, -0.15) is 0 Å². The van der Waals surface area contributed by atoms with E-state index in [1.54, 1.807) is 6.07 Å². The Labute approximate surface area is 124 Å². The molecule has 0 aromatic heterocycles. The number of hydrogen-bond acceptors (Lipinski definition) is 4. The number of sulfonamides is 1. The predicted octanol–water partition coefficient (Wildman–Crippen LogP) is 1.75. The average molecular weight is 319 g/mol. The van der Waals surface area contributed by atoms with Crippen LogP contribution in [0.25, 0.3) is 0 Å². The summed E-state index contributed by atoms with van der Waals surface area (Å²) in [6, 6.07) is 4.39. The molecule has 20 heavy (non-hydrogen) atoms. The monoisotopic (exact) mass is 318 g/mol. The van der Waals surface area contributed by atoms with Gasteiger partial charge < -0.3 is 10.8 Å². The van der Waals surface area contributed by atoms with E-state index in [-0.39, 0.29) is 21.9 Å². The molecule has 0 atom stereocenters. The van der Waals surface area contributed by atoms with Crippen LogP contribution >= 0.6 is 11.6 Å². The van der Waals surface area contributed by atoms with Gasteiger partial charge in [-0.05, 0) is 49.8 Å². The van der Waals surface area contributed by atoms with Crippen LogP contribution in [-0.4, -0.2) is 26.2 Å². The number of anilines is 1. The topological polar surface area (TPSA) is 92.4 Å². The first kappa shape index (κ1) is 15.6. The third kappa shape index (κ3) is 3.85. The lowest BCUT2D eigenvalue weighted by Crippen LogP contribution is -2.32. The lowest BCUT2D eigenvalue weighted by Gasteiger charge is -2.25. The van der Waals surface area contributed by atoms with Crippen LogP contribution in [0.1, 0.15) is 25.7 Å². The second-order valence-electron chi connectivity index (χ2n) is 5.22. The fourth-order valence-electron chi connectivity index (χ4n) is 2.38. The van der Waals surface area contributed by atoms with E-state index in [4.69, 9.17) is 17.3 Å². The Kier molecular flexibility index (Phi) is 4.90. The van der Waals surface area contributed by atoms with Crippen molar-refractivity contribution < 1.29 is 13.5 Å². The molecule has 1 aromatic rings. The number of nitrogens with one attached hydrogen (secondary N) is 1. The van der Waals surface area contributed by atoms with Gasteiger partial charge in [-0.25, -0.2) is 13.1 Å². The number of nitrogens with two attached hydrogens (primary N) is 1. The Balaban J connectivity index is 2.02. The summed E-state index contributed by atoms with van der Waals surface area (Å²) in [6.07, 6.45) is 2.87. The van der Waals surface area contributed by atoms with Crippen molar-refractivity contribution in [2.24, 2.45) is 5.92 Å². The van der Waals surface area contributed by atoms with Crippen LogP contribution < -0.4 is 10.5 Å². The van der Waals surface area contributed by atoms with Crippen molar-refractivity contribution in [1.82, 2.24) is 4.72 Å². The van der Waals surface area contributed by atoms with Crippen LogP contribution in [-0.2, 0) is 10.0 Å². The summed E-state index contributed by atoms with van der Waals surface area (Å²) < 4.78 is 27.0. The Morgan fingerprint density at radius 3 is 2.60 bits per heavy atom. The van der Waals surface area contributed by atoms with Gasteiger partial charge in [0.2, 0.25) is 10.0 Å². The van der Waals surface area contributed by atoms with E-state index in [0.717, 1.165) is 25.7 Å². The van der Waals surface area contributed by atoms with Crippen molar-refractivity contribution in [3.05, 3.63) is 23.2 Å². The summed E-state index contributed by atoms with van der Waals surface area (Å²) in [6.45, 7) is 0.361. The van der Waals surface area contributed by atoms with Crippen molar-refractivity contribution in [3.63, 3.8) is 0 Å². The molecule has 0 spiro atoms. The molecule has 1 aromatic carbocycles. The third-order valence-corrected chi connectivity index (χ3v) is 5.53. The summed E-state index contributed by atoms with van der Waals surface area (Å²) in [5, 5.41) is 9.59. The first-order valence-electron chi connectivity index (χ1n) is 6.61. The van der Waals surface area contributed by atoms with Gasteiger partial charge in [0.1, 0.15) is 4.90 Å². The van der Waals surface area contributed by atoms with Crippen molar-refractivity contribution in [2.45, 2.75) is 36.7 Å². The highest BCUT2D eigenvalue weighted by Gasteiger charge is 2.23. The van der Waals surface area contributed by atoms with Crippen LogP contribution in [0, 0.1) is 5.92 Å². The van der Waals surface area contributed by atoms with Crippen LogP contribution in [0.4, 0.5) is 5.69 Å². The zero-order valence-corrected chi connectivity index (χ0v) is 12.6. The first-order valence-corrected chi connectivity index (χ1v) is 8.47. The van der Waals surface area contributed by atoms with Crippen molar-refractivity contribution in [1.29, 1.82) is 0 Å². The van der Waals surface area contributed by atoms with Gasteiger partial charge in [-0.1, -0.05) is 11.6 Å². The van der Waals surface area contributed by atoms with Crippen molar-refractivity contribution in [3.8, 4) is 0 Å². The van der Waals surface area contributed by atoms with E-state index in [2.05, 4.69) is 4.72 Å². The SMILES string of the molecule is Nc1ccc(Cl)c(S(=O)(=O)NCC2CCC(O)CC2)c1. The Morgan fingerprint density at radius 1 is 1.30 bits per heavy atom. The van der Waals surface area contributed by atoms with Crippen LogP contribution in [0.3, 0.4) is 0 Å². The van der Waals surface area contributed by atoms with E-state index in [1.807, 2.05) is 0 Å². The summed E-state index contributed by atoms with van der Waals surface area (Å²) in [5.74, 6) is 0.257. The number of rotatable bonds is 4. The summed E-state index contributed by atoms with van der Waals surface area (Å²) in [7, 11) is -3.65. The zero-order chi connectivity index (χ0) is 14.8. The van der Waals surface area contributed by atoms with Crippen LogP contribution in [0.2, 0.25) is 5.02 Å². The molecule has 0 aliphatic heterocycles. The molecule has 1 aliphatic rings. The number of hydrogen-bond donors (Lipinski definition) is 3. The number of halogens is 1. The molecule has 0 heterocycles. The predicted molar refractivity (Wildman–Crippen MR) is 79.0 cm³/mol. The molecule has 112 valence electrons. The summed E-state index contributed by atoms with van der Waals surface area (Å²) in [5.41, 5.74) is 5.96. The van der Waals surface area contributed by atoms with E-state index in [0.29, 0.717) is 12.2 Å². The minimum atomic E-state index is -3.65. The maximum absolute atomic E-state index is 12.2. The number of aliphatic hydroxyl groups excluding tert-OH is 1. The lowest BCUT2D eigenvalue weighted by molar-refractivity contribution is 0.109. The van der Waals surface area contributed by atoms with Crippen LogP contribution in [0.5, 0.6) is 0 Å². The quantitative estimate of drug-likeness (QED) is 0.737. The number of aliphatic hydroxyl groups is 1. The van der Waals surface area contributed by atoms with Crippen molar-refractivity contribution >= 4 is 27.3 Å². The molecule has 4 N–H and O–H groups in total. The number of nitrogen functional groups attached to an aromatic ring is 1. The van der Waals surface area contributed by atoms with E-state index in [9.17, 15) is 13.5 Å². The molecule has 0 unspecified atom stereocenters. The van der Waals surface area contributed by atoms with Gasteiger partial charge in [0.05, 0.1) is 11.1 Å². The van der Waals surface area contributed by atoms with Gasteiger partial charge in [-0.15, -0.1) is 0 Å². The summed E-state index contributed by atoms with van der Waals surface area (Å²) in [4.78, 5) is 0.00927. The molecule has 5 nitrogen and oxygen atoms in total. The average Bonchev–Trinajstić information content (AvgIpc) is 2.41. The fourth-order valence-corrected chi connectivity index (χ4v) is 4.03. The third-order valence-electron chi connectivity index (χ3n) is 3.62. The maximum Gasteiger partial charge on any atom is 0.242 e. The lowest BCUT2D eigenvalue weighted by atomic mass is 9.88. The summed E-state index contributed by atoms with van der Waals surface area (Å²) >= 11 is 5.91. The zero-order valence-electron chi connectivity index (χ0n) is 11.0. The molecule has 0 amide bonds. The second-order valence-corrected chi connectivity index (χ2v) is 7.36. The molecule has 0 saturated heterocycles. The largest absolute Gasteiger partial charge is 0.399 e. The first-order chi connectivity index (χ1) is 9.38. The van der Waals surface area contributed by atoms with E-state index >= 15 is 0 Å². The van der Waals surface area contributed by atoms with Crippen LogP contribution in [0.15, 0.2) is 23.1 Å². The molecule has 0 bridgehead atoms. The van der Waals surface area contributed by atoms with Gasteiger partial charge in [0.15, 0.2) is 0 Å². The standard InChI is InChI=1S/C13H19ClN2O3S/c14-12-6-3-10(15)7-13(12)20(18,19)16-8-9-1-4-11(17)5-2-9/h3,6-7,9,11,16-17H,1-2,4-5,8,15H2. The molecule has 1 fully saturated rings. The molecule has 1 aliphatic carbocycles. The van der Waals surface area contributed by atoms with Crippen molar-refractivity contribution in [2.75, 3.05) is 12.3 Å². The Hall–Kier alpha value is -0.820. The molecule has 2 rings (SSSR count). The molecular formula is C13H19ClN2O3S. The Bertz CT molecular complexity index is 569. The molecular weight excluding hydrogens is 300 g/mol. The molecule has 1 saturated carbocycles.